The largest absolute Gasteiger partial charge is 0.484 e. The summed E-state index contributed by atoms with van der Waals surface area (Å²) in [5.74, 6) is -0.693. The molecule has 2 N–H and O–H groups in total. The van der Waals surface area contributed by atoms with Crippen LogP contribution in [0.15, 0.2) is 77.9 Å². The van der Waals surface area contributed by atoms with Crippen LogP contribution in [0.5, 0.6) is 5.75 Å². The van der Waals surface area contributed by atoms with E-state index in [0.29, 0.717) is 17.3 Å². The third-order valence-electron chi connectivity index (χ3n) is 5.55. The number of benzene rings is 3. The predicted molar refractivity (Wildman–Crippen MR) is 138 cm³/mol. The number of nitrogens with one attached hydrogen (secondary N) is 2. The van der Waals surface area contributed by atoms with E-state index in [1.54, 1.807) is 42.6 Å². The normalized spacial score (nSPS) is 11.1. The molecule has 1 aromatic heterocycles. The highest BCUT2D eigenvalue weighted by molar-refractivity contribution is 6.30. The van der Waals surface area contributed by atoms with Gasteiger partial charge < -0.3 is 14.6 Å². The molecule has 36 heavy (non-hydrogen) atoms. The summed E-state index contributed by atoms with van der Waals surface area (Å²) >= 11 is 5.81. The lowest BCUT2D eigenvalue weighted by Crippen LogP contribution is -2.37. The van der Waals surface area contributed by atoms with Crippen LogP contribution in [0, 0.1) is 12.7 Å². The first-order valence-corrected chi connectivity index (χ1v) is 11.6. The first-order valence-electron chi connectivity index (χ1n) is 11.2. The van der Waals surface area contributed by atoms with E-state index in [-0.39, 0.29) is 19.0 Å². The van der Waals surface area contributed by atoms with Gasteiger partial charge in [0.25, 0.3) is 11.8 Å². The SMILES string of the molecule is Cc1c(/C=N\NC(=O)CNC(=O)COc2ccc(Cl)cc2)c2ccccc2n1Cc1ccc(F)cc1. The second-order valence-electron chi connectivity index (χ2n) is 8.04. The van der Waals surface area contributed by atoms with Gasteiger partial charge in [0, 0.05) is 33.7 Å². The summed E-state index contributed by atoms with van der Waals surface area (Å²) in [6.07, 6.45) is 1.59. The van der Waals surface area contributed by atoms with Crippen molar-refractivity contribution in [1.29, 1.82) is 0 Å². The van der Waals surface area contributed by atoms with Crippen molar-refractivity contribution in [2.45, 2.75) is 13.5 Å². The van der Waals surface area contributed by atoms with Crippen LogP contribution >= 0.6 is 11.6 Å². The lowest BCUT2D eigenvalue weighted by molar-refractivity contribution is -0.127. The summed E-state index contributed by atoms with van der Waals surface area (Å²) in [7, 11) is 0. The molecular weight excluding hydrogens is 483 g/mol. The third-order valence-corrected chi connectivity index (χ3v) is 5.80. The van der Waals surface area contributed by atoms with Crippen LogP contribution in [-0.2, 0) is 16.1 Å². The van der Waals surface area contributed by atoms with Crippen LogP contribution in [0.25, 0.3) is 10.9 Å². The van der Waals surface area contributed by atoms with E-state index in [0.717, 1.165) is 27.7 Å². The predicted octanol–water partition coefficient (Wildman–Crippen LogP) is 4.44. The van der Waals surface area contributed by atoms with Gasteiger partial charge in [0.15, 0.2) is 6.61 Å². The molecular formula is C27H24ClFN4O3. The Balaban J connectivity index is 1.35. The minimum Gasteiger partial charge on any atom is -0.484 e. The molecule has 7 nitrogen and oxygen atoms in total. The number of aromatic nitrogens is 1. The van der Waals surface area contributed by atoms with Crippen LogP contribution in [0.2, 0.25) is 5.02 Å². The number of carbonyl (C=O) groups is 2. The zero-order valence-corrected chi connectivity index (χ0v) is 20.3. The monoisotopic (exact) mass is 506 g/mol. The maximum absolute atomic E-state index is 13.3. The van der Waals surface area contributed by atoms with Gasteiger partial charge in [-0.15, -0.1) is 0 Å². The number of rotatable bonds is 9. The molecule has 0 saturated heterocycles. The average Bonchev–Trinajstić information content (AvgIpc) is 3.14. The Hall–Kier alpha value is -4.17. The minimum atomic E-state index is -0.473. The summed E-state index contributed by atoms with van der Waals surface area (Å²) in [5, 5.41) is 8.11. The Kier molecular flexibility index (Phi) is 7.97. The van der Waals surface area contributed by atoms with Crippen molar-refractivity contribution in [1.82, 2.24) is 15.3 Å². The first-order chi connectivity index (χ1) is 17.4. The first kappa shape index (κ1) is 24.9. The smallest absolute Gasteiger partial charge is 0.259 e. The topological polar surface area (TPSA) is 84.7 Å². The zero-order chi connectivity index (χ0) is 25.5. The summed E-state index contributed by atoms with van der Waals surface area (Å²) in [6.45, 7) is 2.06. The van der Waals surface area contributed by atoms with Gasteiger partial charge in [-0.05, 0) is 55.0 Å². The van der Waals surface area contributed by atoms with Crippen molar-refractivity contribution in [2.75, 3.05) is 13.2 Å². The molecule has 1 heterocycles. The van der Waals surface area contributed by atoms with Crippen LogP contribution in [-0.4, -0.2) is 35.7 Å². The van der Waals surface area contributed by atoms with Gasteiger partial charge in [0.1, 0.15) is 11.6 Å². The summed E-state index contributed by atoms with van der Waals surface area (Å²) in [5.41, 5.74) is 6.20. The molecule has 0 saturated carbocycles. The fourth-order valence-electron chi connectivity index (χ4n) is 3.71. The van der Waals surface area contributed by atoms with Crippen molar-refractivity contribution >= 4 is 40.5 Å². The molecule has 0 radical (unpaired) electrons. The minimum absolute atomic E-state index is 0.231. The van der Waals surface area contributed by atoms with Gasteiger partial charge in [0.2, 0.25) is 0 Å². The van der Waals surface area contributed by atoms with Crippen molar-refractivity contribution in [3.63, 3.8) is 0 Å². The Morgan fingerprint density at radius 1 is 1.03 bits per heavy atom. The molecule has 0 fully saturated rings. The molecule has 0 aliphatic rings. The number of hydrazone groups is 1. The van der Waals surface area contributed by atoms with E-state index in [1.807, 2.05) is 31.2 Å². The number of ether oxygens (including phenoxy) is 1. The molecule has 0 unspecified atom stereocenters. The molecule has 2 amide bonds. The van der Waals surface area contributed by atoms with Crippen LogP contribution in [0.4, 0.5) is 4.39 Å². The molecule has 0 spiro atoms. The van der Waals surface area contributed by atoms with E-state index in [9.17, 15) is 14.0 Å². The summed E-state index contributed by atoms with van der Waals surface area (Å²) < 4.78 is 20.8. The number of fused-ring (bicyclic) bond motifs is 1. The molecule has 9 heteroatoms. The number of carbonyl (C=O) groups excluding carboxylic acids is 2. The lowest BCUT2D eigenvalue weighted by Gasteiger charge is -2.09. The van der Waals surface area contributed by atoms with Gasteiger partial charge in [-0.25, -0.2) is 9.82 Å². The number of amides is 2. The molecule has 0 aliphatic heterocycles. The molecule has 0 bridgehead atoms. The summed E-state index contributed by atoms with van der Waals surface area (Å²) in [6, 6.07) is 20.9. The van der Waals surface area contributed by atoms with E-state index < -0.39 is 11.8 Å². The second-order valence-corrected chi connectivity index (χ2v) is 8.48. The van der Waals surface area contributed by atoms with Gasteiger partial charge in [0.05, 0.1) is 12.8 Å². The van der Waals surface area contributed by atoms with Gasteiger partial charge in [-0.2, -0.15) is 5.10 Å². The van der Waals surface area contributed by atoms with E-state index in [4.69, 9.17) is 16.3 Å². The second kappa shape index (κ2) is 11.5. The van der Waals surface area contributed by atoms with Gasteiger partial charge >= 0.3 is 0 Å². The Morgan fingerprint density at radius 2 is 1.75 bits per heavy atom. The standard InChI is InChI=1S/C27H24ClFN4O3/c1-18-24(23-4-2-3-5-25(23)33(18)16-19-6-10-21(29)11-7-19)14-31-32-26(34)15-30-27(35)17-36-22-12-8-20(28)9-13-22/h2-14H,15-17H2,1H3,(H,30,35)(H,32,34)/b31-14-. The zero-order valence-electron chi connectivity index (χ0n) is 19.5. The highest BCUT2D eigenvalue weighted by atomic mass is 35.5. The molecule has 0 atom stereocenters. The van der Waals surface area contributed by atoms with Crippen molar-refractivity contribution < 1.29 is 18.7 Å². The Labute approximate surface area is 212 Å². The highest BCUT2D eigenvalue weighted by Crippen LogP contribution is 2.25. The fourth-order valence-corrected chi connectivity index (χ4v) is 3.84. The number of halogens is 2. The highest BCUT2D eigenvalue weighted by Gasteiger charge is 2.13. The van der Waals surface area contributed by atoms with Crippen molar-refractivity contribution in [2.24, 2.45) is 5.10 Å². The van der Waals surface area contributed by atoms with Crippen LogP contribution in [0.1, 0.15) is 16.8 Å². The maximum Gasteiger partial charge on any atom is 0.259 e. The molecule has 4 rings (SSSR count). The third kappa shape index (κ3) is 6.28. The quantitative estimate of drug-likeness (QED) is 0.260. The Bertz CT molecular complexity index is 1400. The molecule has 184 valence electrons. The fraction of sp³-hybridized carbons (Fsp3) is 0.148. The molecule has 0 aliphatic carbocycles. The van der Waals surface area contributed by atoms with Gasteiger partial charge in [-0.1, -0.05) is 41.9 Å². The Morgan fingerprint density at radius 3 is 2.50 bits per heavy atom. The maximum atomic E-state index is 13.3. The van der Waals surface area contributed by atoms with Crippen molar-refractivity contribution in [3.05, 3.63) is 100 Å². The van der Waals surface area contributed by atoms with E-state index in [2.05, 4.69) is 20.4 Å². The molecule has 4 aromatic rings. The van der Waals surface area contributed by atoms with Crippen molar-refractivity contribution in [3.8, 4) is 5.75 Å². The van der Waals surface area contributed by atoms with E-state index in [1.165, 1.54) is 12.1 Å². The van der Waals surface area contributed by atoms with Crippen LogP contribution < -0.4 is 15.5 Å². The lowest BCUT2D eigenvalue weighted by atomic mass is 10.1. The molecule has 3 aromatic carbocycles. The number of hydrogen-bond donors (Lipinski definition) is 2. The number of nitrogens with zero attached hydrogens (tertiary/aromatic N) is 2. The van der Waals surface area contributed by atoms with E-state index >= 15 is 0 Å². The number of para-hydroxylation sites is 1. The average molecular weight is 507 g/mol. The van der Waals surface area contributed by atoms with Crippen LogP contribution in [0.3, 0.4) is 0 Å². The summed E-state index contributed by atoms with van der Waals surface area (Å²) in [4.78, 5) is 24.1. The number of hydrogen-bond acceptors (Lipinski definition) is 4. The van der Waals surface area contributed by atoms with Gasteiger partial charge in [-0.3, -0.25) is 9.59 Å².